The van der Waals surface area contributed by atoms with E-state index in [1.807, 2.05) is 42.5 Å². The minimum atomic E-state index is 0.508. The highest BCUT2D eigenvalue weighted by atomic mass is 16.5. The molecule has 0 aliphatic rings. The van der Waals surface area contributed by atoms with E-state index in [1.165, 1.54) is 0 Å². The highest BCUT2D eigenvalue weighted by molar-refractivity contribution is 5.72. The molecule has 0 saturated heterocycles. The first-order valence-corrected chi connectivity index (χ1v) is 7.09. The summed E-state index contributed by atoms with van der Waals surface area (Å²) in [5.74, 6) is 2.44. The van der Waals surface area contributed by atoms with Crippen LogP contribution in [0.2, 0.25) is 0 Å². The molecular formula is C17H14N4O2. The molecule has 3 heterocycles. The average Bonchev–Trinajstić information content (AvgIpc) is 3.24. The van der Waals surface area contributed by atoms with Crippen LogP contribution >= 0.6 is 0 Å². The zero-order valence-electron chi connectivity index (χ0n) is 12.4. The number of hydrogen-bond donors (Lipinski definition) is 1. The molecule has 6 nitrogen and oxygen atoms in total. The first-order chi connectivity index (χ1) is 11.2. The largest absolute Gasteiger partial charge is 0.497 e. The number of ether oxygens (including phenoxy) is 1. The molecule has 4 aromatic rings. The Kier molecular flexibility index (Phi) is 3.01. The summed E-state index contributed by atoms with van der Waals surface area (Å²) in [5, 5.41) is 4.38. The summed E-state index contributed by atoms with van der Waals surface area (Å²) in [4.78, 5) is 4.49. The number of pyridine rings is 1. The van der Waals surface area contributed by atoms with Crippen molar-refractivity contribution in [2.45, 2.75) is 0 Å². The van der Waals surface area contributed by atoms with E-state index in [9.17, 15) is 0 Å². The molecule has 0 fully saturated rings. The highest BCUT2D eigenvalue weighted by Crippen LogP contribution is 2.26. The maximum atomic E-state index is 6.12. The number of methoxy groups -OCH3 is 1. The van der Waals surface area contributed by atoms with Crippen molar-refractivity contribution in [2.75, 3.05) is 12.8 Å². The number of furan rings is 1. The Balaban J connectivity index is 1.82. The van der Waals surface area contributed by atoms with Gasteiger partial charge in [-0.3, -0.25) is 0 Å². The van der Waals surface area contributed by atoms with Gasteiger partial charge in [0.25, 0.3) is 0 Å². The molecule has 0 bridgehead atoms. The van der Waals surface area contributed by atoms with Gasteiger partial charge in [0.05, 0.1) is 13.4 Å². The zero-order chi connectivity index (χ0) is 15.8. The Labute approximate surface area is 132 Å². The van der Waals surface area contributed by atoms with Crippen LogP contribution in [-0.4, -0.2) is 21.7 Å². The van der Waals surface area contributed by atoms with E-state index in [0.29, 0.717) is 23.0 Å². The van der Waals surface area contributed by atoms with Gasteiger partial charge in [-0.25, -0.2) is 4.98 Å². The molecule has 0 saturated carbocycles. The summed E-state index contributed by atoms with van der Waals surface area (Å²) < 4.78 is 12.1. The van der Waals surface area contributed by atoms with Crippen LogP contribution in [0.3, 0.4) is 0 Å². The minimum Gasteiger partial charge on any atom is -0.497 e. The number of nitrogens with zero attached hydrogens (tertiary/aromatic N) is 3. The first-order valence-electron chi connectivity index (χ1n) is 7.09. The predicted octanol–water partition coefficient (Wildman–Crippen LogP) is 3.25. The summed E-state index contributed by atoms with van der Waals surface area (Å²) >= 11 is 0. The maximum absolute atomic E-state index is 6.12. The van der Waals surface area contributed by atoms with E-state index in [1.54, 1.807) is 24.0 Å². The third kappa shape index (κ3) is 2.30. The fourth-order valence-corrected chi connectivity index (χ4v) is 2.47. The molecule has 0 atom stereocenters. The van der Waals surface area contributed by atoms with Crippen molar-refractivity contribution >= 4 is 11.5 Å². The van der Waals surface area contributed by atoms with E-state index >= 15 is 0 Å². The van der Waals surface area contributed by atoms with Gasteiger partial charge >= 0.3 is 0 Å². The lowest BCUT2D eigenvalue weighted by atomic mass is 10.1. The van der Waals surface area contributed by atoms with Crippen LogP contribution in [0, 0.1) is 0 Å². The minimum absolute atomic E-state index is 0.508. The van der Waals surface area contributed by atoms with Gasteiger partial charge in [-0.1, -0.05) is 12.1 Å². The van der Waals surface area contributed by atoms with E-state index in [2.05, 4.69) is 10.1 Å². The lowest BCUT2D eigenvalue weighted by Gasteiger charge is -2.06. The first kappa shape index (κ1) is 13.4. The van der Waals surface area contributed by atoms with Gasteiger partial charge < -0.3 is 14.9 Å². The monoisotopic (exact) mass is 306 g/mol. The molecule has 3 aromatic heterocycles. The van der Waals surface area contributed by atoms with E-state index in [-0.39, 0.29) is 0 Å². The predicted molar refractivity (Wildman–Crippen MR) is 87.1 cm³/mol. The van der Waals surface area contributed by atoms with Gasteiger partial charge in [0.2, 0.25) is 5.82 Å². The third-order valence-corrected chi connectivity index (χ3v) is 3.63. The molecular weight excluding hydrogens is 292 g/mol. The lowest BCUT2D eigenvalue weighted by Crippen LogP contribution is -1.99. The number of nitrogen functional groups attached to an aromatic ring is 1. The summed E-state index contributed by atoms with van der Waals surface area (Å²) in [7, 11) is 1.64. The van der Waals surface area contributed by atoms with Crippen molar-refractivity contribution in [2.24, 2.45) is 0 Å². The van der Waals surface area contributed by atoms with Gasteiger partial charge in [0.15, 0.2) is 11.4 Å². The van der Waals surface area contributed by atoms with Gasteiger partial charge in [-0.05, 0) is 47.5 Å². The van der Waals surface area contributed by atoms with Crippen LogP contribution in [0.1, 0.15) is 0 Å². The number of anilines is 1. The second-order valence-corrected chi connectivity index (χ2v) is 5.08. The van der Waals surface area contributed by atoms with Crippen molar-refractivity contribution in [3.8, 4) is 28.5 Å². The molecule has 6 heteroatoms. The lowest BCUT2D eigenvalue weighted by molar-refractivity contribution is 0.415. The quantitative estimate of drug-likeness (QED) is 0.628. The third-order valence-electron chi connectivity index (χ3n) is 3.63. The van der Waals surface area contributed by atoms with E-state index < -0.39 is 0 Å². The number of rotatable bonds is 3. The molecule has 0 aliphatic carbocycles. The molecule has 114 valence electrons. The SMILES string of the molecule is COc1ccc(-c2cc(N)n3nc(-c4ccco4)nc3c2)cc1. The normalized spacial score (nSPS) is 11.0. The molecule has 23 heavy (non-hydrogen) atoms. The summed E-state index contributed by atoms with van der Waals surface area (Å²) in [6, 6.07) is 15.2. The van der Waals surface area contributed by atoms with Crippen molar-refractivity contribution < 1.29 is 9.15 Å². The average molecular weight is 306 g/mol. The Bertz CT molecular complexity index is 956. The number of aromatic nitrogens is 3. The molecule has 1 aromatic carbocycles. The maximum Gasteiger partial charge on any atom is 0.217 e. The number of nitrogens with two attached hydrogens (primary N) is 1. The van der Waals surface area contributed by atoms with Gasteiger partial charge in [0, 0.05) is 0 Å². The summed E-state index contributed by atoms with van der Waals surface area (Å²) in [6.45, 7) is 0. The van der Waals surface area contributed by atoms with E-state index in [0.717, 1.165) is 16.9 Å². The Morgan fingerprint density at radius 2 is 1.91 bits per heavy atom. The molecule has 0 radical (unpaired) electrons. The smallest absolute Gasteiger partial charge is 0.217 e. The van der Waals surface area contributed by atoms with Crippen molar-refractivity contribution in [3.63, 3.8) is 0 Å². The number of fused-ring (bicyclic) bond motifs is 1. The van der Waals surface area contributed by atoms with Crippen molar-refractivity contribution in [1.29, 1.82) is 0 Å². The van der Waals surface area contributed by atoms with Crippen LogP contribution < -0.4 is 10.5 Å². The fraction of sp³-hybridized carbons (Fsp3) is 0.0588. The number of benzene rings is 1. The number of hydrogen-bond acceptors (Lipinski definition) is 5. The molecule has 0 amide bonds. The van der Waals surface area contributed by atoms with Crippen LogP contribution in [0.4, 0.5) is 5.82 Å². The highest BCUT2D eigenvalue weighted by Gasteiger charge is 2.12. The summed E-state index contributed by atoms with van der Waals surface area (Å²) in [5.41, 5.74) is 8.79. The van der Waals surface area contributed by atoms with Gasteiger partial charge in [-0.2, -0.15) is 4.52 Å². The van der Waals surface area contributed by atoms with Crippen molar-refractivity contribution in [1.82, 2.24) is 14.6 Å². The van der Waals surface area contributed by atoms with E-state index in [4.69, 9.17) is 14.9 Å². The second kappa shape index (κ2) is 5.17. The van der Waals surface area contributed by atoms with Crippen molar-refractivity contribution in [3.05, 3.63) is 54.8 Å². The van der Waals surface area contributed by atoms with Crippen LogP contribution in [-0.2, 0) is 0 Å². The fourth-order valence-electron chi connectivity index (χ4n) is 2.47. The molecule has 4 rings (SSSR count). The van der Waals surface area contributed by atoms with Gasteiger partial charge in [-0.15, -0.1) is 5.10 Å². The zero-order valence-corrected chi connectivity index (χ0v) is 12.4. The Morgan fingerprint density at radius 1 is 1.09 bits per heavy atom. The van der Waals surface area contributed by atoms with Crippen LogP contribution in [0.5, 0.6) is 5.75 Å². The standard InChI is InChI=1S/C17H14N4O2/c1-22-13-6-4-11(5-7-13)12-9-15(18)21-16(10-12)19-17(20-21)14-3-2-8-23-14/h2-10H,18H2,1H3. The topological polar surface area (TPSA) is 78.6 Å². The molecule has 0 unspecified atom stereocenters. The molecule has 0 spiro atoms. The van der Waals surface area contributed by atoms with Gasteiger partial charge in [0.1, 0.15) is 11.6 Å². The Morgan fingerprint density at radius 3 is 2.61 bits per heavy atom. The second-order valence-electron chi connectivity index (χ2n) is 5.08. The molecule has 0 aliphatic heterocycles. The Hall–Kier alpha value is -3.28. The van der Waals surface area contributed by atoms with Crippen LogP contribution in [0.25, 0.3) is 28.4 Å². The summed E-state index contributed by atoms with van der Waals surface area (Å²) in [6.07, 6.45) is 1.59. The van der Waals surface area contributed by atoms with Crippen LogP contribution in [0.15, 0.2) is 59.2 Å². The molecule has 2 N–H and O–H groups in total.